The maximum atomic E-state index is 11.5. The van der Waals surface area contributed by atoms with Gasteiger partial charge in [0.25, 0.3) is 0 Å². The van der Waals surface area contributed by atoms with Crippen LogP contribution in [0.5, 0.6) is 11.5 Å². The first-order valence-corrected chi connectivity index (χ1v) is 6.86. The highest BCUT2D eigenvalue weighted by molar-refractivity contribution is 5.61. The van der Waals surface area contributed by atoms with Gasteiger partial charge in [0.2, 0.25) is 5.43 Å². The van der Waals surface area contributed by atoms with Crippen LogP contribution in [0.25, 0.3) is 0 Å². The summed E-state index contributed by atoms with van der Waals surface area (Å²) in [5.74, 6) is 0.985. The molecule has 2 heterocycles. The van der Waals surface area contributed by atoms with Crippen LogP contribution in [0.3, 0.4) is 0 Å². The molecule has 5 heteroatoms. The molecule has 0 unspecified atom stereocenters. The Hall–Kier alpha value is -2.43. The molecule has 5 nitrogen and oxygen atoms in total. The molecule has 2 aromatic rings. The van der Waals surface area contributed by atoms with Gasteiger partial charge in [-0.25, -0.2) is 0 Å². The summed E-state index contributed by atoms with van der Waals surface area (Å²) in [5, 5.41) is 9.24. The Labute approximate surface area is 122 Å². The molecule has 1 aliphatic heterocycles. The average molecular weight is 287 g/mol. The summed E-state index contributed by atoms with van der Waals surface area (Å²) in [5.41, 5.74) is 1.69. The van der Waals surface area contributed by atoms with Gasteiger partial charge in [0, 0.05) is 6.07 Å². The summed E-state index contributed by atoms with van der Waals surface area (Å²) in [4.78, 5) is 13.6. The van der Waals surface area contributed by atoms with Crippen molar-refractivity contribution in [2.75, 3.05) is 11.4 Å². The molecule has 0 saturated heterocycles. The molecule has 1 aliphatic rings. The van der Waals surface area contributed by atoms with Crippen LogP contribution in [0.4, 0.5) is 5.69 Å². The van der Waals surface area contributed by atoms with Gasteiger partial charge in [-0.2, -0.15) is 0 Å². The van der Waals surface area contributed by atoms with Crippen LogP contribution in [0.2, 0.25) is 0 Å². The van der Waals surface area contributed by atoms with Gasteiger partial charge in [0.05, 0.1) is 18.8 Å². The minimum Gasteiger partial charge on any atom is -0.502 e. The number of ether oxygens (including phenoxy) is 1. The number of anilines is 1. The molecule has 0 radical (unpaired) electrons. The van der Waals surface area contributed by atoms with E-state index in [1.807, 2.05) is 32.0 Å². The lowest BCUT2D eigenvalue weighted by molar-refractivity contribution is 0.210. The summed E-state index contributed by atoms with van der Waals surface area (Å²) >= 11 is 0. The predicted molar refractivity (Wildman–Crippen MR) is 79.0 cm³/mol. The van der Waals surface area contributed by atoms with Gasteiger partial charge in [-0.15, -0.1) is 0 Å². The van der Waals surface area contributed by atoms with Crippen molar-refractivity contribution in [2.45, 2.75) is 26.5 Å². The van der Waals surface area contributed by atoms with E-state index in [0.29, 0.717) is 18.8 Å². The van der Waals surface area contributed by atoms with Crippen LogP contribution in [0.1, 0.15) is 18.2 Å². The number of nitrogens with zero attached hydrogens (tertiary/aromatic N) is 1. The highest BCUT2D eigenvalue weighted by atomic mass is 16.5. The number of aromatic hydroxyl groups is 1. The molecule has 110 valence electrons. The Kier molecular flexibility index (Phi) is 3.33. The first-order valence-electron chi connectivity index (χ1n) is 6.86. The lowest BCUT2D eigenvalue weighted by atomic mass is 10.1. The number of fused-ring (bicyclic) bond motifs is 1. The molecule has 21 heavy (non-hydrogen) atoms. The van der Waals surface area contributed by atoms with E-state index in [4.69, 9.17) is 9.15 Å². The minimum absolute atomic E-state index is 0.0585. The van der Waals surface area contributed by atoms with E-state index in [0.717, 1.165) is 23.3 Å². The van der Waals surface area contributed by atoms with Crippen molar-refractivity contribution in [1.82, 2.24) is 0 Å². The summed E-state index contributed by atoms with van der Waals surface area (Å²) < 4.78 is 11.1. The molecular weight excluding hydrogens is 270 g/mol. The van der Waals surface area contributed by atoms with E-state index in [1.165, 1.54) is 6.07 Å². The molecule has 0 bridgehead atoms. The third-order valence-corrected chi connectivity index (χ3v) is 3.47. The zero-order valence-corrected chi connectivity index (χ0v) is 12.0. The van der Waals surface area contributed by atoms with E-state index < -0.39 is 5.43 Å². The second-order valence-electron chi connectivity index (χ2n) is 5.38. The molecule has 1 N–H and O–H groups in total. The minimum atomic E-state index is -0.429. The molecule has 0 saturated carbocycles. The van der Waals surface area contributed by atoms with Crippen molar-refractivity contribution in [1.29, 1.82) is 0 Å². The number of rotatable bonds is 2. The molecule has 1 atom stereocenters. The van der Waals surface area contributed by atoms with Crippen molar-refractivity contribution >= 4 is 5.69 Å². The Morgan fingerprint density at radius 2 is 2.19 bits per heavy atom. The highest BCUT2D eigenvalue weighted by Gasteiger charge is 2.23. The summed E-state index contributed by atoms with van der Waals surface area (Å²) in [7, 11) is 0. The number of hydrogen-bond donors (Lipinski definition) is 1. The van der Waals surface area contributed by atoms with Crippen LogP contribution in [0.15, 0.2) is 39.7 Å². The Balaban J connectivity index is 1.92. The molecule has 0 amide bonds. The third-order valence-electron chi connectivity index (χ3n) is 3.47. The Morgan fingerprint density at radius 1 is 1.38 bits per heavy atom. The normalized spacial score (nSPS) is 17.2. The quantitative estimate of drug-likeness (QED) is 0.919. The molecule has 1 aromatic heterocycles. The fraction of sp³-hybridized carbons (Fsp3) is 0.312. The van der Waals surface area contributed by atoms with E-state index in [1.54, 1.807) is 0 Å². The van der Waals surface area contributed by atoms with Crippen LogP contribution in [0, 0.1) is 6.92 Å². The summed E-state index contributed by atoms with van der Waals surface area (Å²) in [6.07, 6.45) is 1.14. The van der Waals surface area contributed by atoms with Crippen molar-refractivity contribution in [2.24, 2.45) is 0 Å². The van der Waals surface area contributed by atoms with Crippen molar-refractivity contribution in [3.8, 4) is 11.5 Å². The maximum Gasteiger partial charge on any atom is 0.226 e. The van der Waals surface area contributed by atoms with Crippen LogP contribution >= 0.6 is 0 Å². The average Bonchev–Trinajstić information content (AvgIpc) is 2.42. The van der Waals surface area contributed by atoms with Gasteiger partial charge in [0.15, 0.2) is 5.75 Å². The SMILES string of the molecule is Cc1ccc2c(c1)O[C@@H](C)CN2Cc1cc(=O)c(O)co1. The number of hydrogen-bond acceptors (Lipinski definition) is 5. The fourth-order valence-electron chi connectivity index (χ4n) is 2.50. The predicted octanol–water partition coefficient (Wildman–Crippen LogP) is 2.44. The smallest absolute Gasteiger partial charge is 0.226 e. The molecule has 0 aliphatic carbocycles. The molecule has 3 rings (SSSR count). The third kappa shape index (κ3) is 2.72. The zero-order chi connectivity index (χ0) is 15.0. The van der Waals surface area contributed by atoms with Gasteiger partial charge in [-0.05, 0) is 31.5 Å². The van der Waals surface area contributed by atoms with E-state index in [2.05, 4.69) is 4.90 Å². The van der Waals surface area contributed by atoms with E-state index in [-0.39, 0.29) is 11.9 Å². The fourth-order valence-corrected chi connectivity index (χ4v) is 2.50. The van der Waals surface area contributed by atoms with Gasteiger partial charge in [-0.3, -0.25) is 4.79 Å². The van der Waals surface area contributed by atoms with Crippen molar-refractivity contribution < 1.29 is 14.3 Å². The van der Waals surface area contributed by atoms with Crippen molar-refractivity contribution in [3.05, 3.63) is 52.1 Å². The van der Waals surface area contributed by atoms with E-state index in [9.17, 15) is 9.90 Å². The standard InChI is InChI=1S/C16H17NO4/c1-10-3-4-13-16(5-10)21-11(2)7-17(13)8-12-6-14(18)15(19)9-20-12/h3-6,9,11,19H,7-8H2,1-2H3/t11-/m0/s1. The Bertz CT molecular complexity index is 722. The lowest BCUT2D eigenvalue weighted by Crippen LogP contribution is -2.38. The molecule has 1 aromatic carbocycles. The monoisotopic (exact) mass is 287 g/mol. The van der Waals surface area contributed by atoms with Crippen molar-refractivity contribution in [3.63, 3.8) is 0 Å². The van der Waals surface area contributed by atoms with Crippen LogP contribution in [-0.2, 0) is 6.54 Å². The first kappa shape index (κ1) is 13.5. The summed E-state index contributed by atoms with van der Waals surface area (Å²) in [6.45, 7) is 5.19. The van der Waals surface area contributed by atoms with Gasteiger partial charge in [-0.1, -0.05) is 6.07 Å². The molecular formula is C16H17NO4. The largest absolute Gasteiger partial charge is 0.502 e. The van der Waals surface area contributed by atoms with Crippen LogP contribution in [-0.4, -0.2) is 17.8 Å². The van der Waals surface area contributed by atoms with Gasteiger partial charge < -0.3 is 19.2 Å². The molecule has 0 fully saturated rings. The van der Waals surface area contributed by atoms with Gasteiger partial charge in [0.1, 0.15) is 23.9 Å². The second kappa shape index (κ2) is 5.16. The topological polar surface area (TPSA) is 62.9 Å². The number of aryl methyl sites for hydroxylation is 1. The first-order chi connectivity index (χ1) is 10.0. The lowest BCUT2D eigenvalue weighted by Gasteiger charge is -2.34. The Morgan fingerprint density at radius 3 is 2.95 bits per heavy atom. The second-order valence-corrected chi connectivity index (χ2v) is 5.38. The van der Waals surface area contributed by atoms with Crippen LogP contribution < -0.4 is 15.1 Å². The van der Waals surface area contributed by atoms with Gasteiger partial charge >= 0.3 is 0 Å². The molecule has 0 spiro atoms. The number of benzene rings is 1. The summed E-state index contributed by atoms with van der Waals surface area (Å²) in [6, 6.07) is 7.36. The zero-order valence-electron chi connectivity index (χ0n) is 12.0. The highest BCUT2D eigenvalue weighted by Crippen LogP contribution is 2.35. The van der Waals surface area contributed by atoms with E-state index >= 15 is 0 Å². The maximum absolute atomic E-state index is 11.5.